The number of aromatic nitrogens is 3. The minimum atomic E-state index is -0.727. The maximum atomic E-state index is 13.7. The fourth-order valence-electron chi connectivity index (χ4n) is 2.87. The molecule has 10 heteroatoms. The molecule has 0 saturated heterocycles. The van der Waals surface area contributed by atoms with Crippen molar-refractivity contribution in [3.8, 4) is 0 Å². The highest BCUT2D eigenvalue weighted by molar-refractivity contribution is 5.97. The van der Waals surface area contributed by atoms with E-state index in [1.165, 1.54) is 17.0 Å². The lowest BCUT2D eigenvalue weighted by atomic mass is 10.1. The van der Waals surface area contributed by atoms with Gasteiger partial charge in [-0.2, -0.15) is 4.68 Å². The van der Waals surface area contributed by atoms with Crippen LogP contribution in [-0.4, -0.2) is 45.2 Å². The fraction of sp³-hybridized carbons (Fsp3) is 0.400. The topological polar surface area (TPSA) is 97.4 Å². The number of hydrogen-bond donors (Lipinski definition) is 0. The van der Waals surface area contributed by atoms with E-state index in [9.17, 15) is 19.3 Å². The Hall–Kier alpha value is -3.04. The molecule has 1 aromatic heterocycles. The average molecular weight is 348 g/mol. The number of carbonyl (C=O) groups excluding carboxylic acids is 1. The summed E-state index contributed by atoms with van der Waals surface area (Å²) in [5, 5.41) is 14.3. The molecule has 0 atom stereocenters. The number of carbonyl (C=O) groups is 1. The number of hydrogen-bond acceptors (Lipinski definition) is 6. The number of anilines is 2. The van der Waals surface area contributed by atoms with Crippen molar-refractivity contribution in [3.63, 3.8) is 0 Å². The van der Waals surface area contributed by atoms with Gasteiger partial charge in [-0.25, -0.2) is 4.39 Å². The molecule has 2 heterocycles. The van der Waals surface area contributed by atoms with Gasteiger partial charge in [0.05, 0.1) is 11.4 Å². The highest BCUT2D eigenvalue weighted by Crippen LogP contribution is 2.34. The standard InChI is InChI=1S/C15H17FN6O3/c1-2-5-19-6-7-21(13-8-11(16)3-4-12(13)19)14(23)9-20-10-17-15(18-20)22(24)25/h3-4,8,10H,2,5-7,9H2,1H3. The van der Waals surface area contributed by atoms with Crippen LogP contribution in [0.4, 0.5) is 21.7 Å². The summed E-state index contributed by atoms with van der Waals surface area (Å²) < 4.78 is 14.8. The number of nitro groups is 1. The Kier molecular flexibility index (Phi) is 4.59. The first kappa shape index (κ1) is 16.8. The van der Waals surface area contributed by atoms with Crippen molar-refractivity contribution in [2.75, 3.05) is 29.4 Å². The van der Waals surface area contributed by atoms with Gasteiger partial charge in [-0.3, -0.25) is 4.79 Å². The van der Waals surface area contributed by atoms with Crippen LogP contribution >= 0.6 is 0 Å². The van der Waals surface area contributed by atoms with Gasteiger partial charge < -0.3 is 19.9 Å². The van der Waals surface area contributed by atoms with Gasteiger partial charge in [0.15, 0.2) is 0 Å². The minimum absolute atomic E-state index is 0.204. The number of nitrogens with zero attached hydrogens (tertiary/aromatic N) is 6. The van der Waals surface area contributed by atoms with Gasteiger partial charge >= 0.3 is 5.95 Å². The van der Waals surface area contributed by atoms with Crippen LogP contribution in [0.25, 0.3) is 0 Å². The van der Waals surface area contributed by atoms with Gasteiger partial charge in [-0.1, -0.05) is 11.9 Å². The van der Waals surface area contributed by atoms with Crippen LogP contribution in [-0.2, 0) is 11.3 Å². The Morgan fingerprint density at radius 2 is 2.16 bits per heavy atom. The monoisotopic (exact) mass is 348 g/mol. The molecule has 0 spiro atoms. The first-order valence-electron chi connectivity index (χ1n) is 7.88. The third kappa shape index (κ3) is 3.42. The molecule has 1 aliphatic rings. The highest BCUT2D eigenvalue weighted by Gasteiger charge is 2.28. The number of benzene rings is 1. The van der Waals surface area contributed by atoms with E-state index in [0.29, 0.717) is 18.8 Å². The van der Waals surface area contributed by atoms with E-state index < -0.39 is 16.7 Å². The Labute approximate surface area is 142 Å². The first-order valence-corrected chi connectivity index (χ1v) is 7.88. The Morgan fingerprint density at radius 3 is 2.84 bits per heavy atom. The SMILES string of the molecule is CCCN1CCN(C(=O)Cn2cnc([N+](=O)[O-])n2)c2cc(F)ccc21. The molecule has 0 N–H and O–H groups in total. The van der Waals surface area contributed by atoms with E-state index in [0.717, 1.165) is 29.7 Å². The molecule has 0 bridgehead atoms. The van der Waals surface area contributed by atoms with Crippen molar-refractivity contribution in [1.29, 1.82) is 0 Å². The van der Waals surface area contributed by atoms with E-state index in [1.807, 2.05) is 0 Å². The van der Waals surface area contributed by atoms with Crippen LogP contribution in [0.15, 0.2) is 24.5 Å². The summed E-state index contributed by atoms with van der Waals surface area (Å²) in [4.78, 5) is 29.6. The summed E-state index contributed by atoms with van der Waals surface area (Å²) >= 11 is 0. The maximum Gasteiger partial charge on any atom is 0.490 e. The molecule has 3 rings (SSSR count). The second-order valence-electron chi connectivity index (χ2n) is 5.66. The normalized spacial score (nSPS) is 13.7. The van der Waals surface area contributed by atoms with Gasteiger partial charge in [-0.05, 0) is 29.5 Å². The molecule has 2 aromatic rings. The summed E-state index contributed by atoms with van der Waals surface area (Å²) in [5.74, 6) is -1.32. The van der Waals surface area contributed by atoms with Crippen LogP contribution in [0, 0.1) is 15.9 Å². The van der Waals surface area contributed by atoms with Crippen molar-refractivity contribution in [2.24, 2.45) is 0 Å². The van der Waals surface area contributed by atoms with E-state index in [2.05, 4.69) is 21.9 Å². The van der Waals surface area contributed by atoms with Crippen LogP contribution in [0.3, 0.4) is 0 Å². The minimum Gasteiger partial charge on any atom is -0.390 e. The Balaban J connectivity index is 1.83. The van der Waals surface area contributed by atoms with Crippen LogP contribution in [0.5, 0.6) is 0 Å². The summed E-state index contributed by atoms with van der Waals surface area (Å²) in [6.07, 6.45) is 2.07. The van der Waals surface area contributed by atoms with Gasteiger partial charge in [0.2, 0.25) is 12.2 Å². The number of amides is 1. The predicted molar refractivity (Wildman–Crippen MR) is 87.9 cm³/mol. The van der Waals surface area contributed by atoms with Gasteiger partial charge in [0, 0.05) is 24.7 Å². The molecular weight excluding hydrogens is 331 g/mol. The smallest absolute Gasteiger partial charge is 0.390 e. The summed E-state index contributed by atoms with van der Waals surface area (Å²) in [7, 11) is 0. The molecular formula is C15H17FN6O3. The number of halogens is 1. The third-order valence-corrected chi connectivity index (χ3v) is 3.94. The summed E-state index contributed by atoms with van der Waals surface area (Å²) in [5.41, 5.74) is 1.30. The first-order chi connectivity index (χ1) is 12.0. The molecule has 0 unspecified atom stereocenters. The predicted octanol–water partition coefficient (Wildman–Crippen LogP) is 1.59. The maximum absolute atomic E-state index is 13.7. The molecule has 132 valence electrons. The molecule has 0 radical (unpaired) electrons. The fourth-order valence-corrected chi connectivity index (χ4v) is 2.87. The number of rotatable bonds is 5. The molecule has 0 aliphatic carbocycles. The molecule has 25 heavy (non-hydrogen) atoms. The second kappa shape index (κ2) is 6.83. The van der Waals surface area contributed by atoms with E-state index in [-0.39, 0.29) is 12.5 Å². The van der Waals surface area contributed by atoms with Gasteiger partial charge in [-0.15, -0.1) is 0 Å². The zero-order valence-electron chi connectivity index (χ0n) is 13.6. The largest absolute Gasteiger partial charge is 0.490 e. The third-order valence-electron chi connectivity index (χ3n) is 3.94. The Morgan fingerprint density at radius 1 is 1.36 bits per heavy atom. The molecule has 1 aromatic carbocycles. The van der Waals surface area contributed by atoms with Crippen LogP contribution < -0.4 is 9.80 Å². The zero-order valence-corrected chi connectivity index (χ0v) is 13.6. The summed E-state index contributed by atoms with van der Waals surface area (Å²) in [6.45, 7) is 3.71. The van der Waals surface area contributed by atoms with Crippen molar-refractivity contribution in [2.45, 2.75) is 19.9 Å². The molecule has 1 amide bonds. The van der Waals surface area contributed by atoms with Crippen molar-refractivity contribution >= 4 is 23.2 Å². The van der Waals surface area contributed by atoms with Crippen molar-refractivity contribution < 1.29 is 14.1 Å². The quantitative estimate of drug-likeness (QED) is 0.601. The van der Waals surface area contributed by atoms with Crippen molar-refractivity contribution in [1.82, 2.24) is 14.8 Å². The lowest BCUT2D eigenvalue weighted by Crippen LogP contribution is -2.45. The Bertz CT molecular complexity index is 808. The van der Waals surface area contributed by atoms with Gasteiger partial charge in [0.25, 0.3) is 0 Å². The van der Waals surface area contributed by atoms with Gasteiger partial charge in [0.1, 0.15) is 12.4 Å². The second-order valence-corrected chi connectivity index (χ2v) is 5.66. The molecule has 0 fully saturated rings. The molecule has 9 nitrogen and oxygen atoms in total. The summed E-state index contributed by atoms with van der Waals surface area (Å²) in [6, 6.07) is 4.37. The van der Waals surface area contributed by atoms with E-state index in [1.54, 1.807) is 6.07 Å². The number of fused-ring (bicyclic) bond motifs is 1. The zero-order chi connectivity index (χ0) is 18.0. The van der Waals surface area contributed by atoms with Crippen LogP contribution in [0.1, 0.15) is 13.3 Å². The lowest BCUT2D eigenvalue weighted by Gasteiger charge is -2.37. The molecule has 0 saturated carbocycles. The van der Waals surface area contributed by atoms with Crippen molar-refractivity contribution in [3.05, 3.63) is 40.5 Å². The molecule has 1 aliphatic heterocycles. The van der Waals surface area contributed by atoms with E-state index in [4.69, 9.17) is 0 Å². The average Bonchev–Trinajstić information content (AvgIpc) is 3.03. The highest BCUT2D eigenvalue weighted by atomic mass is 19.1. The van der Waals surface area contributed by atoms with Crippen LogP contribution in [0.2, 0.25) is 0 Å². The lowest BCUT2D eigenvalue weighted by molar-refractivity contribution is -0.394. The van der Waals surface area contributed by atoms with E-state index >= 15 is 0 Å².